The molecule has 2 heterocycles. The SMILES string of the molecule is COc1cc2c(cc1OC)CN(c1nc(Cl)nc3cc(OC)c(OC)cc13)CC2. The molecule has 1 aromatic heterocycles. The van der Waals surface area contributed by atoms with Crippen LogP contribution in [0.5, 0.6) is 23.0 Å². The van der Waals surface area contributed by atoms with Crippen molar-refractivity contribution in [3.63, 3.8) is 0 Å². The number of nitrogens with zero attached hydrogens (tertiary/aromatic N) is 3. The summed E-state index contributed by atoms with van der Waals surface area (Å²) in [6, 6.07) is 7.78. The lowest BCUT2D eigenvalue weighted by atomic mass is 9.98. The minimum atomic E-state index is 0.192. The Labute approximate surface area is 174 Å². The minimum absolute atomic E-state index is 0.192. The van der Waals surface area contributed by atoms with E-state index in [1.54, 1.807) is 28.4 Å². The van der Waals surface area contributed by atoms with Gasteiger partial charge in [0.2, 0.25) is 5.28 Å². The maximum absolute atomic E-state index is 6.24. The van der Waals surface area contributed by atoms with Gasteiger partial charge in [-0.25, -0.2) is 4.98 Å². The highest BCUT2D eigenvalue weighted by molar-refractivity contribution is 6.28. The number of anilines is 1. The Morgan fingerprint density at radius 1 is 0.793 bits per heavy atom. The Bertz CT molecular complexity index is 1070. The topological polar surface area (TPSA) is 65.9 Å². The second-order valence-corrected chi connectivity index (χ2v) is 7.03. The van der Waals surface area contributed by atoms with E-state index in [9.17, 15) is 0 Å². The quantitative estimate of drug-likeness (QED) is 0.586. The summed E-state index contributed by atoms with van der Waals surface area (Å²) in [5.41, 5.74) is 3.11. The van der Waals surface area contributed by atoms with Crippen molar-refractivity contribution in [1.29, 1.82) is 0 Å². The Kier molecular flexibility index (Phi) is 5.24. The molecule has 0 fully saturated rings. The van der Waals surface area contributed by atoms with E-state index >= 15 is 0 Å². The molecule has 0 N–H and O–H groups in total. The lowest BCUT2D eigenvalue weighted by Gasteiger charge is -2.31. The van der Waals surface area contributed by atoms with Crippen molar-refractivity contribution in [3.05, 3.63) is 40.7 Å². The van der Waals surface area contributed by atoms with E-state index < -0.39 is 0 Å². The molecule has 0 saturated heterocycles. The summed E-state index contributed by atoms with van der Waals surface area (Å²) < 4.78 is 21.8. The third-order valence-corrected chi connectivity index (χ3v) is 5.34. The number of hydrogen-bond donors (Lipinski definition) is 0. The lowest BCUT2D eigenvalue weighted by molar-refractivity contribution is 0.353. The fraction of sp³-hybridized carbons (Fsp3) is 0.333. The van der Waals surface area contributed by atoms with Gasteiger partial charge in [0, 0.05) is 24.5 Å². The monoisotopic (exact) mass is 415 g/mol. The van der Waals surface area contributed by atoms with Crippen molar-refractivity contribution in [1.82, 2.24) is 9.97 Å². The van der Waals surface area contributed by atoms with Gasteiger partial charge in [0.1, 0.15) is 5.82 Å². The second-order valence-electron chi connectivity index (χ2n) is 6.69. The highest BCUT2D eigenvalue weighted by Crippen LogP contribution is 2.38. The van der Waals surface area contributed by atoms with Gasteiger partial charge in [0.05, 0.1) is 34.0 Å². The van der Waals surface area contributed by atoms with Crippen LogP contribution < -0.4 is 23.8 Å². The zero-order valence-corrected chi connectivity index (χ0v) is 17.5. The van der Waals surface area contributed by atoms with Gasteiger partial charge in [0.25, 0.3) is 0 Å². The van der Waals surface area contributed by atoms with Crippen LogP contribution in [0.2, 0.25) is 5.28 Å². The molecule has 3 aromatic rings. The zero-order valence-electron chi connectivity index (χ0n) is 16.8. The fourth-order valence-electron chi connectivity index (χ4n) is 3.72. The fourth-order valence-corrected chi connectivity index (χ4v) is 3.89. The number of methoxy groups -OCH3 is 4. The molecule has 1 aliphatic heterocycles. The van der Waals surface area contributed by atoms with Crippen LogP contribution in [0.4, 0.5) is 5.82 Å². The molecule has 0 aliphatic carbocycles. The first-order valence-corrected chi connectivity index (χ1v) is 9.53. The Morgan fingerprint density at radius 2 is 1.38 bits per heavy atom. The summed E-state index contributed by atoms with van der Waals surface area (Å²) in [5.74, 6) is 3.44. The molecular formula is C21H22ClN3O4. The van der Waals surface area contributed by atoms with Crippen molar-refractivity contribution >= 4 is 28.3 Å². The largest absolute Gasteiger partial charge is 0.493 e. The van der Waals surface area contributed by atoms with Gasteiger partial charge < -0.3 is 23.8 Å². The predicted octanol–water partition coefficient (Wildman–Crippen LogP) is 3.88. The molecule has 0 bridgehead atoms. The molecule has 4 rings (SSSR count). The van der Waals surface area contributed by atoms with Gasteiger partial charge >= 0.3 is 0 Å². The van der Waals surface area contributed by atoms with E-state index in [1.807, 2.05) is 24.3 Å². The average molecular weight is 416 g/mol. The first-order chi connectivity index (χ1) is 14.1. The van der Waals surface area contributed by atoms with Gasteiger partial charge in [0.15, 0.2) is 23.0 Å². The molecule has 0 radical (unpaired) electrons. The third-order valence-electron chi connectivity index (χ3n) is 5.17. The van der Waals surface area contributed by atoms with Crippen LogP contribution in [0, 0.1) is 0 Å². The van der Waals surface area contributed by atoms with Gasteiger partial charge in [-0.05, 0) is 47.3 Å². The van der Waals surface area contributed by atoms with Crippen molar-refractivity contribution in [2.24, 2.45) is 0 Å². The van der Waals surface area contributed by atoms with Crippen molar-refractivity contribution < 1.29 is 18.9 Å². The maximum Gasteiger partial charge on any atom is 0.224 e. The molecule has 2 aromatic carbocycles. The number of aromatic nitrogens is 2. The third kappa shape index (κ3) is 3.46. The zero-order chi connectivity index (χ0) is 20.5. The van der Waals surface area contributed by atoms with Gasteiger partial charge in [-0.15, -0.1) is 0 Å². The Morgan fingerprint density at radius 3 is 2.03 bits per heavy atom. The summed E-state index contributed by atoms with van der Waals surface area (Å²) >= 11 is 6.24. The summed E-state index contributed by atoms with van der Waals surface area (Å²) in [6.45, 7) is 1.46. The molecule has 0 atom stereocenters. The van der Waals surface area contributed by atoms with Gasteiger partial charge in [-0.1, -0.05) is 0 Å². The van der Waals surface area contributed by atoms with Gasteiger partial charge in [-0.2, -0.15) is 4.98 Å². The average Bonchev–Trinajstić information content (AvgIpc) is 2.76. The molecule has 152 valence electrons. The van der Waals surface area contributed by atoms with Crippen LogP contribution in [0.3, 0.4) is 0 Å². The number of benzene rings is 2. The van der Waals surface area contributed by atoms with Crippen molar-refractivity contribution in [2.75, 3.05) is 39.9 Å². The first kappa shape index (κ1) is 19.4. The number of halogens is 1. The Hall–Kier alpha value is -2.93. The lowest BCUT2D eigenvalue weighted by Crippen LogP contribution is -2.31. The van der Waals surface area contributed by atoms with Crippen LogP contribution in [-0.2, 0) is 13.0 Å². The van der Waals surface area contributed by atoms with E-state index in [4.69, 9.17) is 30.5 Å². The van der Waals surface area contributed by atoms with Gasteiger partial charge in [-0.3, -0.25) is 0 Å². The minimum Gasteiger partial charge on any atom is -0.493 e. The molecule has 0 spiro atoms. The molecule has 0 amide bonds. The number of hydrogen-bond acceptors (Lipinski definition) is 7. The molecular weight excluding hydrogens is 394 g/mol. The Balaban J connectivity index is 1.79. The van der Waals surface area contributed by atoms with E-state index in [0.29, 0.717) is 29.3 Å². The highest BCUT2D eigenvalue weighted by atomic mass is 35.5. The van der Waals surface area contributed by atoms with E-state index in [-0.39, 0.29) is 5.28 Å². The van der Waals surface area contributed by atoms with Crippen molar-refractivity contribution in [2.45, 2.75) is 13.0 Å². The summed E-state index contributed by atoms with van der Waals surface area (Å²) in [7, 11) is 6.49. The highest BCUT2D eigenvalue weighted by Gasteiger charge is 2.23. The van der Waals surface area contributed by atoms with E-state index in [1.165, 1.54) is 5.56 Å². The number of fused-ring (bicyclic) bond motifs is 2. The molecule has 0 saturated carbocycles. The smallest absolute Gasteiger partial charge is 0.224 e. The summed E-state index contributed by atoms with van der Waals surface area (Å²) in [4.78, 5) is 11.1. The van der Waals surface area contributed by atoms with Crippen LogP contribution in [0.25, 0.3) is 10.9 Å². The maximum atomic E-state index is 6.24. The van der Waals surface area contributed by atoms with Crippen LogP contribution >= 0.6 is 11.6 Å². The molecule has 29 heavy (non-hydrogen) atoms. The normalized spacial score (nSPS) is 13.2. The predicted molar refractivity (Wildman–Crippen MR) is 112 cm³/mol. The molecule has 7 nitrogen and oxygen atoms in total. The molecule has 1 aliphatic rings. The van der Waals surface area contributed by atoms with Crippen LogP contribution in [0.1, 0.15) is 11.1 Å². The standard InChI is InChI=1S/C21H22ClN3O4/c1-26-16-7-12-5-6-25(11-13(12)8-17(16)27-2)20-14-9-18(28-3)19(29-4)10-15(14)23-21(22)24-20/h7-10H,5-6,11H2,1-4H3. The van der Waals surface area contributed by atoms with Crippen molar-refractivity contribution in [3.8, 4) is 23.0 Å². The summed E-state index contributed by atoms with van der Waals surface area (Å²) in [6.07, 6.45) is 0.853. The van der Waals surface area contributed by atoms with E-state index in [2.05, 4.69) is 14.9 Å². The number of rotatable bonds is 5. The van der Waals surface area contributed by atoms with Crippen LogP contribution in [-0.4, -0.2) is 45.0 Å². The van der Waals surface area contributed by atoms with Crippen LogP contribution in [0.15, 0.2) is 24.3 Å². The molecule has 0 unspecified atom stereocenters. The second kappa shape index (κ2) is 7.83. The first-order valence-electron chi connectivity index (χ1n) is 9.16. The summed E-state index contributed by atoms with van der Waals surface area (Å²) in [5, 5.41) is 1.05. The molecule has 8 heteroatoms. The number of ether oxygens (including phenoxy) is 4. The van der Waals surface area contributed by atoms with E-state index in [0.717, 1.165) is 35.5 Å².